The minimum absolute atomic E-state index is 0.254. The average Bonchev–Trinajstić information content (AvgIpc) is 2.68. The van der Waals surface area contributed by atoms with Crippen LogP contribution in [0.2, 0.25) is 0 Å². The number of aliphatic hydroxyl groups is 2. The second-order valence-electron chi connectivity index (χ2n) is 8.28. The second-order valence-corrected chi connectivity index (χ2v) is 9.07. The van der Waals surface area contributed by atoms with Gasteiger partial charge in [-0.2, -0.15) is 8.42 Å². The minimum Gasteiger partial charge on any atom is -0.385 e. The third-order valence-corrected chi connectivity index (χ3v) is 6.46. The fraction of sp³-hybridized carbons (Fsp3) is 0.619. The van der Waals surface area contributed by atoms with Gasteiger partial charge in [0, 0.05) is 6.54 Å². The number of likely N-dealkylation sites (tertiary alicyclic amines) is 1. The summed E-state index contributed by atoms with van der Waals surface area (Å²) < 4.78 is 21.2. The summed E-state index contributed by atoms with van der Waals surface area (Å²) in [6, 6.07) is 6.10. The van der Waals surface area contributed by atoms with E-state index >= 15 is 0 Å². The van der Waals surface area contributed by atoms with Crippen LogP contribution in [0.15, 0.2) is 18.2 Å². The molecule has 3 rings (SSSR count). The molecule has 3 N–H and O–H groups in total. The van der Waals surface area contributed by atoms with E-state index in [4.69, 9.17) is 0 Å². The Balaban J connectivity index is 1.65. The van der Waals surface area contributed by atoms with E-state index in [1.165, 1.54) is 24.0 Å². The standard InChI is InChI=1S/C21H30N2O5S/c1-14-7-9-23(10-8-14)12-15-5-6-17-16(11-15)3-2-4-18(17)22-21(26)20(25)19(24)13-29(27)28/h5-6,11,13-14,18-20,24-25H,2-4,7-10,12H2,1H3,(H,22,26)/t18-,19-,20-/m1/s1. The van der Waals surface area contributed by atoms with E-state index in [-0.39, 0.29) is 6.04 Å². The van der Waals surface area contributed by atoms with Crippen molar-refractivity contribution >= 4 is 21.6 Å². The third kappa shape index (κ3) is 5.88. The predicted octanol–water partition coefficient (Wildman–Crippen LogP) is 0.815. The molecule has 160 valence electrons. The van der Waals surface area contributed by atoms with E-state index in [0.717, 1.165) is 50.4 Å². The van der Waals surface area contributed by atoms with Gasteiger partial charge >= 0.3 is 0 Å². The van der Waals surface area contributed by atoms with Crippen molar-refractivity contribution in [2.75, 3.05) is 13.1 Å². The lowest BCUT2D eigenvalue weighted by Gasteiger charge is -2.31. The van der Waals surface area contributed by atoms with Crippen LogP contribution < -0.4 is 5.32 Å². The first-order valence-electron chi connectivity index (χ1n) is 10.3. The highest BCUT2D eigenvalue weighted by Gasteiger charge is 2.28. The first kappa shape index (κ1) is 22.0. The zero-order valence-electron chi connectivity index (χ0n) is 16.8. The van der Waals surface area contributed by atoms with Crippen molar-refractivity contribution in [3.63, 3.8) is 0 Å². The monoisotopic (exact) mass is 422 g/mol. The Morgan fingerprint density at radius 1 is 1.28 bits per heavy atom. The largest absolute Gasteiger partial charge is 0.385 e. The van der Waals surface area contributed by atoms with Gasteiger partial charge in [0.05, 0.1) is 11.4 Å². The lowest BCUT2D eigenvalue weighted by atomic mass is 9.86. The number of amides is 1. The number of hydrogen-bond donors (Lipinski definition) is 3. The Kier molecular flexibility index (Phi) is 7.45. The molecular formula is C21H30N2O5S. The fourth-order valence-electron chi connectivity index (χ4n) is 4.19. The van der Waals surface area contributed by atoms with Gasteiger partial charge in [0.15, 0.2) is 6.10 Å². The minimum atomic E-state index is -2.65. The van der Waals surface area contributed by atoms with Crippen molar-refractivity contribution in [1.82, 2.24) is 10.2 Å². The normalized spacial score (nSPS) is 22.4. The molecule has 8 heteroatoms. The van der Waals surface area contributed by atoms with Crippen LogP contribution in [-0.2, 0) is 28.1 Å². The van der Waals surface area contributed by atoms with Gasteiger partial charge in [0.25, 0.3) is 5.91 Å². The molecule has 0 aromatic heterocycles. The zero-order chi connectivity index (χ0) is 21.0. The maximum absolute atomic E-state index is 12.3. The number of carbonyl (C=O) groups excluding carboxylic acids is 1. The molecule has 1 saturated heterocycles. The number of nitrogens with one attached hydrogen (secondary N) is 1. The fourth-order valence-corrected chi connectivity index (χ4v) is 4.57. The van der Waals surface area contributed by atoms with Crippen molar-refractivity contribution in [2.45, 2.75) is 63.8 Å². The summed E-state index contributed by atoms with van der Waals surface area (Å²) in [4.78, 5) is 14.7. The molecule has 1 aromatic rings. The van der Waals surface area contributed by atoms with Crippen molar-refractivity contribution in [3.8, 4) is 0 Å². The number of aliphatic hydroxyl groups excluding tert-OH is 2. The van der Waals surface area contributed by atoms with Crippen molar-refractivity contribution in [3.05, 3.63) is 34.9 Å². The average molecular weight is 423 g/mol. The van der Waals surface area contributed by atoms with Gasteiger partial charge in [-0.25, -0.2) is 0 Å². The summed E-state index contributed by atoms with van der Waals surface area (Å²) >= 11 is 0. The SMILES string of the molecule is CC1CCN(Cc2ccc3c(c2)CCC[C@H]3NC(=O)[C@H](O)[C@H](O)C=S(=O)=O)CC1. The van der Waals surface area contributed by atoms with Crippen molar-refractivity contribution in [1.29, 1.82) is 0 Å². The van der Waals surface area contributed by atoms with Crippen LogP contribution in [0, 0.1) is 5.92 Å². The molecule has 1 aliphatic heterocycles. The van der Waals surface area contributed by atoms with E-state index in [2.05, 4.69) is 29.3 Å². The highest BCUT2D eigenvalue weighted by atomic mass is 32.2. The van der Waals surface area contributed by atoms with Crippen molar-refractivity contribution in [2.24, 2.45) is 5.92 Å². The molecule has 0 bridgehead atoms. The van der Waals surface area contributed by atoms with Gasteiger partial charge in [-0.1, -0.05) is 25.1 Å². The Hall–Kier alpha value is -1.74. The maximum Gasteiger partial charge on any atom is 0.252 e. The quantitative estimate of drug-likeness (QED) is 0.586. The third-order valence-electron chi connectivity index (χ3n) is 5.96. The molecule has 0 saturated carbocycles. The molecule has 0 unspecified atom stereocenters. The first-order valence-corrected chi connectivity index (χ1v) is 11.4. The van der Waals surface area contributed by atoms with Crippen LogP contribution in [0.5, 0.6) is 0 Å². The maximum atomic E-state index is 12.3. The Morgan fingerprint density at radius 3 is 2.69 bits per heavy atom. The zero-order valence-corrected chi connectivity index (χ0v) is 17.6. The van der Waals surface area contributed by atoms with E-state index < -0.39 is 28.4 Å². The highest BCUT2D eigenvalue weighted by molar-refractivity contribution is 7.71. The highest BCUT2D eigenvalue weighted by Crippen LogP contribution is 2.31. The van der Waals surface area contributed by atoms with Crippen LogP contribution in [0.25, 0.3) is 0 Å². The Bertz CT molecular complexity index is 854. The number of fused-ring (bicyclic) bond motifs is 1. The first-order chi connectivity index (χ1) is 13.8. The molecule has 29 heavy (non-hydrogen) atoms. The van der Waals surface area contributed by atoms with Crippen molar-refractivity contribution < 1.29 is 23.4 Å². The number of aryl methyl sites for hydroxylation is 1. The lowest BCUT2D eigenvalue weighted by Crippen LogP contribution is -2.44. The summed E-state index contributed by atoms with van der Waals surface area (Å²) in [6.45, 7) is 5.49. The molecule has 0 spiro atoms. The molecule has 1 aromatic carbocycles. The van der Waals surface area contributed by atoms with Crippen LogP contribution in [0.1, 0.15) is 55.3 Å². The number of hydrogen-bond acceptors (Lipinski definition) is 6. The van der Waals surface area contributed by atoms with Gasteiger partial charge in [-0.3, -0.25) is 9.69 Å². The van der Waals surface area contributed by atoms with Crippen LogP contribution in [0.4, 0.5) is 0 Å². The summed E-state index contributed by atoms with van der Waals surface area (Å²) in [5.41, 5.74) is 3.50. The topological polar surface area (TPSA) is 107 Å². The van der Waals surface area contributed by atoms with E-state index in [1.54, 1.807) is 0 Å². The summed E-state index contributed by atoms with van der Waals surface area (Å²) in [5, 5.41) is 22.8. The second kappa shape index (κ2) is 9.84. The molecule has 7 nitrogen and oxygen atoms in total. The van der Waals surface area contributed by atoms with E-state index in [0.29, 0.717) is 5.37 Å². The smallest absolute Gasteiger partial charge is 0.252 e. The summed E-state index contributed by atoms with van der Waals surface area (Å²) in [6.07, 6.45) is 1.50. The molecule has 1 aliphatic carbocycles. The van der Waals surface area contributed by atoms with E-state index in [9.17, 15) is 23.4 Å². The number of nitrogens with zero attached hydrogens (tertiary/aromatic N) is 1. The van der Waals surface area contributed by atoms with Gasteiger partial charge in [-0.15, -0.1) is 0 Å². The predicted molar refractivity (Wildman–Crippen MR) is 111 cm³/mol. The number of piperidine rings is 1. The van der Waals surface area contributed by atoms with Crippen LogP contribution in [-0.4, -0.2) is 60.1 Å². The van der Waals surface area contributed by atoms with E-state index in [1.807, 2.05) is 6.07 Å². The Labute approximate surface area is 173 Å². The lowest BCUT2D eigenvalue weighted by molar-refractivity contribution is -0.133. The van der Waals surface area contributed by atoms with Crippen LogP contribution >= 0.6 is 0 Å². The molecule has 2 aliphatic rings. The molecule has 1 fully saturated rings. The van der Waals surface area contributed by atoms with Crippen LogP contribution in [0.3, 0.4) is 0 Å². The molecule has 1 amide bonds. The van der Waals surface area contributed by atoms with Gasteiger partial charge < -0.3 is 15.5 Å². The van der Waals surface area contributed by atoms with Gasteiger partial charge in [-0.05, 0) is 67.8 Å². The summed E-state index contributed by atoms with van der Waals surface area (Å²) in [7, 11) is -2.65. The molecular weight excluding hydrogens is 392 g/mol. The number of carbonyl (C=O) groups is 1. The Morgan fingerprint density at radius 2 is 2.00 bits per heavy atom. The number of benzene rings is 1. The van der Waals surface area contributed by atoms with Gasteiger partial charge in [0.1, 0.15) is 6.10 Å². The molecule has 1 heterocycles. The number of rotatable bonds is 6. The van der Waals surface area contributed by atoms with Gasteiger partial charge in [0.2, 0.25) is 10.3 Å². The molecule has 3 atom stereocenters. The molecule has 0 radical (unpaired) electrons. The summed E-state index contributed by atoms with van der Waals surface area (Å²) in [5.74, 6) is 0.0304.